The SMILES string of the molecule is CC(=O)NCC1=NC2(CCNCC2)C(=O)N1. The molecule has 0 aromatic rings. The molecule has 1 saturated heterocycles. The lowest BCUT2D eigenvalue weighted by Gasteiger charge is -2.28. The molecule has 2 heterocycles. The van der Waals surface area contributed by atoms with E-state index in [1.54, 1.807) is 0 Å². The second kappa shape index (κ2) is 4.21. The second-order valence-corrected chi connectivity index (χ2v) is 4.20. The van der Waals surface area contributed by atoms with Crippen LogP contribution in [0, 0.1) is 0 Å². The smallest absolute Gasteiger partial charge is 0.253 e. The third kappa shape index (κ3) is 2.06. The summed E-state index contributed by atoms with van der Waals surface area (Å²) in [6, 6.07) is 0. The van der Waals surface area contributed by atoms with Crippen LogP contribution in [0.4, 0.5) is 0 Å². The summed E-state index contributed by atoms with van der Waals surface area (Å²) in [5.41, 5.74) is -0.584. The topological polar surface area (TPSA) is 82.6 Å². The van der Waals surface area contributed by atoms with E-state index >= 15 is 0 Å². The van der Waals surface area contributed by atoms with Gasteiger partial charge in [-0.2, -0.15) is 0 Å². The van der Waals surface area contributed by atoms with Crippen LogP contribution in [0.15, 0.2) is 4.99 Å². The predicted molar refractivity (Wildman–Crippen MR) is 59.1 cm³/mol. The van der Waals surface area contributed by atoms with Crippen LogP contribution < -0.4 is 16.0 Å². The fraction of sp³-hybridized carbons (Fsp3) is 0.700. The highest BCUT2D eigenvalue weighted by atomic mass is 16.2. The molecule has 0 unspecified atom stereocenters. The summed E-state index contributed by atoms with van der Waals surface area (Å²) in [6.45, 7) is 3.36. The Morgan fingerprint density at radius 3 is 2.81 bits per heavy atom. The summed E-state index contributed by atoms with van der Waals surface area (Å²) < 4.78 is 0. The van der Waals surface area contributed by atoms with E-state index in [-0.39, 0.29) is 11.8 Å². The first-order valence-corrected chi connectivity index (χ1v) is 5.48. The Bertz CT molecular complexity index is 345. The van der Waals surface area contributed by atoms with E-state index in [1.165, 1.54) is 6.92 Å². The highest BCUT2D eigenvalue weighted by molar-refractivity contribution is 6.09. The molecule has 0 bridgehead atoms. The van der Waals surface area contributed by atoms with E-state index in [2.05, 4.69) is 20.9 Å². The maximum atomic E-state index is 11.8. The Kier molecular flexibility index (Phi) is 2.91. The highest BCUT2D eigenvalue weighted by Gasteiger charge is 2.43. The number of nitrogens with one attached hydrogen (secondary N) is 3. The molecule has 3 N–H and O–H groups in total. The first-order valence-electron chi connectivity index (χ1n) is 5.48. The summed E-state index contributed by atoms with van der Waals surface area (Å²) in [4.78, 5) is 27.0. The van der Waals surface area contributed by atoms with Gasteiger partial charge in [-0.1, -0.05) is 0 Å². The Morgan fingerprint density at radius 1 is 1.50 bits per heavy atom. The van der Waals surface area contributed by atoms with Crippen LogP contribution in [-0.4, -0.2) is 42.8 Å². The molecular formula is C10H16N4O2. The molecular weight excluding hydrogens is 208 g/mol. The number of hydrogen-bond acceptors (Lipinski definition) is 4. The van der Waals surface area contributed by atoms with Gasteiger partial charge >= 0.3 is 0 Å². The maximum absolute atomic E-state index is 11.8. The van der Waals surface area contributed by atoms with Gasteiger partial charge in [0.05, 0.1) is 6.54 Å². The van der Waals surface area contributed by atoms with Gasteiger partial charge in [-0.3, -0.25) is 14.6 Å². The first kappa shape index (κ1) is 11.1. The average Bonchev–Trinajstić information content (AvgIpc) is 2.54. The molecule has 6 nitrogen and oxygen atoms in total. The van der Waals surface area contributed by atoms with E-state index in [4.69, 9.17) is 0 Å². The van der Waals surface area contributed by atoms with Gasteiger partial charge in [-0.15, -0.1) is 0 Å². The van der Waals surface area contributed by atoms with Crippen molar-refractivity contribution in [1.29, 1.82) is 0 Å². The molecule has 2 rings (SSSR count). The number of rotatable bonds is 2. The van der Waals surface area contributed by atoms with Gasteiger partial charge in [0.15, 0.2) is 0 Å². The van der Waals surface area contributed by atoms with Crippen LogP contribution in [0.1, 0.15) is 19.8 Å². The molecule has 0 atom stereocenters. The zero-order valence-electron chi connectivity index (χ0n) is 9.30. The molecule has 6 heteroatoms. The number of piperidine rings is 1. The minimum absolute atomic E-state index is 0.0330. The lowest BCUT2D eigenvalue weighted by molar-refractivity contribution is -0.124. The van der Waals surface area contributed by atoms with E-state index in [1.807, 2.05) is 0 Å². The van der Waals surface area contributed by atoms with Crippen LogP contribution in [-0.2, 0) is 9.59 Å². The molecule has 16 heavy (non-hydrogen) atoms. The lowest BCUT2D eigenvalue weighted by Crippen LogP contribution is -2.47. The van der Waals surface area contributed by atoms with Crippen molar-refractivity contribution in [2.45, 2.75) is 25.3 Å². The number of carbonyl (C=O) groups is 2. The molecule has 0 saturated carbocycles. The number of nitrogens with zero attached hydrogens (tertiary/aromatic N) is 1. The first-order chi connectivity index (χ1) is 7.62. The monoisotopic (exact) mass is 224 g/mol. The third-order valence-corrected chi connectivity index (χ3v) is 2.96. The number of amidine groups is 1. The van der Waals surface area contributed by atoms with Crippen molar-refractivity contribution in [1.82, 2.24) is 16.0 Å². The number of hydrogen-bond donors (Lipinski definition) is 3. The van der Waals surface area contributed by atoms with Gasteiger partial charge in [0.2, 0.25) is 5.91 Å². The van der Waals surface area contributed by atoms with Crippen LogP contribution in [0.3, 0.4) is 0 Å². The summed E-state index contributed by atoms with van der Waals surface area (Å²) in [5, 5.41) is 8.57. The Morgan fingerprint density at radius 2 is 2.19 bits per heavy atom. The van der Waals surface area contributed by atoms with Crippen molar-refractivity contribution < 1.29 is 9.59 Å². The molecule has 2 aliphatic rings. The van der Waals surface area contributed by atoms with Crippen LogP contribution in [0.25, 0.3) is 0 Å². The van der Waals surface area contributed by atoms with Crippen molar-refractivity contribution in [3.63, 3.8) is 0 Å². The standard InChI is InChI=1S/C10H16N4O2/c1-7(15)12-6-8-13-9(16)10(14-8)2-4-11-5-3-10/h11H,2-6H2,1H3,(H,12,15)(H,13,14,16). The van der Waals surface area contributed by atoms with Crippen LogP contribution in [0.5, 0.6) is 0 Å². The maximum Gasteiger partial charge on any atom is 0.253 e. The van der Waals surface area contributed by atoms with Crippen molar-refractivity contribution in [2.75, 3.05) is 19.6 Å². The Labute approximate surface area is 93.9 Å². The van der Waals surface area contributed by atoms with E-state index < -0.39 is 5.54 Å². The van der Waals surface area contributed by atoms with Crippen molar-refractivity contribution in [3.05, 3.63) is 0 Å². The zero-order chi connectivity index (χ0) is 11.6. The summed E-state index contributed by atoms with van der Waals surface area (Å²) in [6.07, 6.45) is 1.45. The van der Waals surface area contributed by atoms with Gasteiger partial charge in [0.25, 0.3) is 5.91 Å². The van der Waals surface area contributed by atoms with Gasteiger partial charge in [0, 0.05) is 6.92 Å². The van der Waals surface area contributed by atoms with Crippen LogP contribution in [0.2, 0.25) is 0 Å². The second-order valence-electron chi connectivity index (χ2n) is 4.20. The molecule has 88 valence electrons. The Hall–Kier alpha value is -1.43. The zero-order valence-corrected chi connectivity index (χ0v) is 9.30. The predicted octanol–water partition coefficient (Wildman–Crippen LogP) is -1.23. The van der Waals surface area contributed by atoms with Crippen LogP contribution >= 0.6 is 0 Å². The van der Waals surface area contributed by atoms with E-state index in [9.17, 15) is 9.59 Å². The summed E-state index contributed by atoms with van der Waals surface area (Å²) in [7, 11) is 0. The minimum atomic E-state index is -0.584. The molecule has 1 spiro atoms. The third-order valence-electron chi connectivity index (χ3n) is 2.96. The average molecular weight is 224 g/mol. The molecule has 0 radical (unpaired) electrons. The van der Waals surface area contributed by atoms with Gasteiger partial charge in [0.1, 0.15) is 11.4 Å². The quantitative estimate of drug-likeness (QED) is 0.549. The van der Waals surface area contributed by atoms with Gasteiger partial charge < -0.3 is 16.0 Å². The fourth-order valence-electron chi connectivity index (χ4n) is 2.06. The molecule has 2 amide bonds. The lowest BCUT2D eigenvalue weighted by atomic mass is 9.89. The molecule has 0 aromatic heterocycles. The molecule has 0 aliphatic carbocycles. The van der Waals surface area contributed by atoms with E-state index in [0.29, 0.717) is 12.4 Å². The largest absolute Gasteiger partial charge is 0.349 e. The minimum Gasteiger partial charge on any atom is -0.349 e. The van der Waals surface area contributed by atoms with Gasteiger partial charge in [-0.25, -0.2) is 0 Å². The molecule has 2 aliphatic heterocycles. The normalized spacial score (nSPS) is 22.8. The van der Waals surface area contributed by atoms with Crippen molar-refractivity contribution >= 4 is 17.6 Å². The summed E-state index contributed by atoms with van der Waals surface area (Å²) in [5.74, 6) is 0.416. The Balaban J connectivity index is 2.04. The molecule has 1 fully saturated rings. The summed E-state index contributed by atoms with van der Waals surface area (Å²) >= 11 is 0. The highest BCUT2D eigenvalue weighted by Crippen LogP contribution is 2.26. The number of amides is 2. The van der Waals surface area contributed by atoms with Crippen molar-refractivity contribution in [2.24, 2.45) is 4.99 Å². The number of aliphatic imine (C=N–C) groups is 1. The van der Waals surface area contributed by atoms with Gasteiger partial charge in [-0.05, 0) is 25.9 Å². The number of carbonyl (C=O) groups excluding carboxylic acids is 2. The van der Waals surface area contributed by atoms with E-state index in [0.717, 1.165) is 25.9 Å². The van der Waals surface area contributed by atoms with Crippen molar-refractivity contribution in [3.8, 4) is 0 Å². The fourth-order valence-corrected chi connectivity index (χ4v) is 2.06. The molecule has 0 aromatic carbocycles.